The van der Waals surface area contributed by atoms with E-state index >= 15 is 0 Å². The molecule has 1 aliphatic rings. The Morgan fingerprint density at radius 1 is 1.40 bits per heavy atom. The normalized spacial score (nSPS) is 25.8. The molecule has 0 nitrogen and oxygen atoms in total. The maximum atomic E-state index is 13.2. The Labute approximate surface area is 103 Å². The van der Waals surface area contributed by atoms with Gasteiger partial charge in [0.05, 0.1) is 5.02 Å². The fourth-order valence-electron chi connectivity index (χ4n) is 2.19. The minimum atomic E-state index is -0.307. The topological polar surface area (TPSA) is 0 Å². The van der Waals surface area contributed by atoms with Crippen LogP contribution in [0.1, 0.15) is 24.8 Å². The summed E-state index contributed by atoms with van der Waals surface area (Å²) >= 11 is 9.32. The first kappa shape index (κ1) is 11.4. The van der Waals surface area contributed by atoms with Crippen molar-refractivity contribution in [3.8, 4) is 0 Å². The second-order valence-electron chi connectivity index (χ2n) is 4.16. The summed E-state index contributed by atoms with van der Waals surface area (Å²) in [6, 6.07) is 5.12. The number of halogens is 3. The summed E-state index contributed by atoms with van der Waals surface area (Å²) in [4.78, 5) is 0.594. The van der Waals surface area contributed by atoms with Crippen molar-refractivity contribution in [1.82, 2.24) is 0 Å². The predicted molar refractivity (Wildman–Crippen MR) is 65.2 cm³/mol. The predicted octanol–water partition coefficient (Wildman–Crippen LogP) is 4.59. The standard InChI is InChI=1S/C12H13BrClF/c13-10-3-1-2-9(10)6-8-4-5-11(14)12(15)7-8/h4-5,7,9-10H,1-3,6H2. The molecule has 0 saturated heterocycles. The minimum absolute atomic E-state index is 0.209. The van der Waals surface area contributed by atoms with E-state index in [1.54, 1.807) is 12.1 Å². The zero-order chi connectivity index (χ0) is 10.8. The molecule has 15 heavy (non-hydrogen) atoms. The van der Waals surface area contributed by atoms with Crippen LogP contribution in [0.5, 0.6) is 0 Å². The molecule has 0 heterocycles. The van der Waals surface area contributed by atoms with Crippen molar-refractivity contribution in [2.75, 3.05) is 0 Å². The van der Waals surface area contributed by atoms with E-state index in [1.165, 1.54) is 19.3 Å². The van der Waals surface area contributed by atoms with Crippen molar-refractivity contribution in [1.29, 1.82) is 0 Å². The molecule has 1 aromatic carbocycles. The molecule has 0 aliphatic heterocycles. The van der Waals surface area contributed by atoms with Gasteiger partial charge in [-0.15, -0.1) is 0 Å². The zero-order valence-corrected chi connectivity index (χ0v) is 10.7. The van der Waals surface area contributed by atoms with Crippen molar-refractivity contribution >= 4 is 27.5 Å². The molecule has 3 heteroatoms. The van der Waals surface area contributed by atoms with E-state index in [-0.39, 0.29) is 10.8 Å². The average Bonchev–Trinajstić information content (AvgIpc) is 2.59. The van der Waals surface area contributed by atoms with Crippen LogP contribution in [0.3, 0.4) is 0 Å². The number of benzene rings is 1. The van der Waals surface area contributed by atoms with Crippen molar-refractivity contribution in [3.63, 3.8) is 0 Å². The van der Waals surface area contributed by atoms with E-state index in [2.05, 4.69) is 15.9 Å². The Bertz CT molecular complexity index is 353. The molecule has 0 amide bonds. The molecule has 2 rings (SSSR count). The van der Waals surface area contributed by atoms with Gasteiger partial charge in [0.1, 0.15) is 5.82 Å². The van der Waals surface area contributed by atoms with Crippen LogP contribution in [0, 0.1) is 11.7 Å². The van der Waals surface area contributed by atoms with E-state index in [0.717, 1.165) is 12.0 Å². The summed E-state index contributed by atoms with van der Waals surface area (Å²) in [7, 11) is 0. The third-order valence-corrected chi connectivity index (χ3v) is 4.56. The van der Waals surface area contributed by atoms with Gasteiger partial charge in [-0.1, -0.05) is 40.0 Å². The number of hydrogen-bond donors (Lipinski definition) is 0. The summed E-state index contributed by atoms with van der Waals surface area (Å²) < 4.78 is 13.2. The lowest BCUT2D eigenvalue weighted by Crippen LogP contribution is -2.09. The van der Waals surface area contributed by atoms with Crippen molar-refractivity contribution in [3.05, 3.63) is 34.6 Å². The summed E-state index contributed by atoms with van der Waals surface area (Å²) in [5.41, 5.74) is 1.05. The van der Waals surface area contributed by atoms with Gasteiger partial charge in [0.2, 0.25) is 0 Å². The molecule has 1 saturated carbocycles. The maximum Gasteiger partial charge on any atom is 0.142 e. The van der Waals surface area contributed by atoms with Crippen LogP contribution >= 0.6 is 27.5 Å². The van der Waals surface area contributed by atoms with Crippen LogP contribution in [-0.4, -0.2) is 4.83 Å². The third-order valence-electron chi connectivity index (χ3n) is 3.05. The van der Waals surface area contributed by atoms with Crippen LogP contribution < -0.4 is 0 Å². The summed E-state index contributed by atoms with van der Waals surface area (Å²) in [5.74, 6) is 0.337. The Balaban J connectivity index is 2.07. The fraction of sp³-hybridized carbons (Fsp3) is 0.500. The van der Waals surface area contributed by atoms with Gasteiger partial charge in [-0.25, -0.2) is 4.39 Å². The smallest absolute Gasteiger partial charge is 0.142 e. The zero-order valence-electron chi connectivity index (χ0n) is 8.35. The van der Waals surface area contributed by atoms with Gasteiger partial charge in [0.25, 0.3) is 0 Å². The molecular weight excluding hydrogens is 278 g/mol. The van der Waals surface area contributed by atoms with Crippen LogP contribution in [0.15, 0.2) is 18.2 Å². The fourth-order valence-corrected chi connectivity index (χ4v) is 3.08. The summed E-state index contributed by atoms with van der Waals surface area (Å²) in [6.07, 6.45) is 4.70. The molecule has 2 unspecified atom stereocenters. The van der Waals surface area contributed by atoms with Gasteiger partial charge in [-0.05, 0) is 42.9 Å². The first-order chi connectivity index (χ1) is 7.16. The van der Waals surface area contributed by atoms with Crippen LogP contribution in [0.25, 0.3) is 0 Å². The molecule has 1 fully saturated rings. The van der Waals surface area contributed by atoms with Gasteiger partial charge in [-0.3, -0.25) is 0 Å². The Morgan fingerprint density at radius 3 is 2.80 bits per heavy atom. The van der Waals surface area contributed by atoms with Crippen LogP contribution in [0.2, 0.25) is 5.02 Å². The van der Waals surface area contributed by atoms with Gasteiger partial charge in [0, 0.05) is 4.83 Å². The molecule has 0 bridgehead atoms. The van der Waals surface area contributed by atoms with E-state index < -0.39 is 0 Å². The molecule has 0 aromatic heterocycles. The lowest BCUT2D eigenvalue weighted by Gasteiger charge is -2.13. The van der Waals surface area contributed by atoms with E-state index in [1.807, 2.05) is 6.07 Å². The lowest BCUT2D eigenvalue weighted by atomic mass is 9.98. The highest BCUT2D eigenvalue weighted by Gasteiger charge is 2.24. The highest BCUT2D eigenvalue weighted by atomic mass is 79.9. The SMILES string of the molecule is Fc1cc(CC2CCCC2Br)ccc1Cl. The summed E-state index contributed by atoms with van der Waals surface area (Å²) in [5, 5.41) is 0.209. The minimum Gasteiger partial charge on any atom is -0.205 e. The molecule has 0 spiro atoms. The first-order valence-electron chi connectivity index (χ1n) is 5.25. The van der Waals surface area contributed by atoms with Crippen molar-refractivity contribution in [2.45, 2.75) is 30.5 Å². The molecule has 0 radical (unpaired) electrons. The van der Waals surface area contributed by atoms with E-state index in [4.69, 9.17) is 11.6 Å². The second-order valence-corrected chi connectivity index (χ2v) is 5.74. The Kier molecular flexibility index (Phi) is 3.68. The lowest BCUT2D eigenvalue weighted by molar-refractivity contribution is 0.558. The monoisotopic (exact) mass is 290 g/mol. The molecule has 82 valence electrons. The highest BCUT2D eigenvalue weighted by Crippen LogP contribution is 2.34. The average molecular weight is 292 g/mol. The maximum absolute atomic E-state index is 13.2. The number of alkyl halides is 1. The molecular formula is C12H13BrClF. The van der Waals surface area contributed by atoms with Crippen molar-refractivity contribution in [2.24, 2.45) is 5.92 Å². The van der Waals surface area contributed by atoms with Crippen LogP contribution in [0.4, 0.5) is 4.39 Å². The molecule has 2 atom stereocenters. The van der Waals surface area contributed by atoms with E-state index in [0.29, 0.717) is 10.7 Å². The largest absolute Gasteiger partial charge is 0.205 e. The van der Waals surface area contributed by atoms with Crippen molar-refractivity contribution < 1.29 is 4.39 Å². The van der Waals surface area contributed by atoms with Crippen LogP contribution in [-0.2, 0) is 6.42 Å². The Morgan fingerprint density at radius 2 is 2.20 bits per heavy atom. The molecule has 1 aliphatic carbocycles. The van der Waals surface area contributed by atoms with Gasteiger partial charge in [0.15, 0.2) is 0 Å². The van der Waals surface area contributed by atoms with E-state index in [9.17, 15) is 4.39 Å². The first-order valence-corrected chi connectivity index (χ1v) is 6.54. The van der Waals surface area contributed by atoms with Gasteiger partial charge < -0.3 is 0 Å². The summed E-state index contributed by atoms with van der Waals surface area (Å²) in [6.45, 7) is 0. The Hall–Kier alpha value is -0.0800. The third kappa shape index (κ3) is 2.73. The second kappa shape index (κ2) is 4.84. The quantitative estimate of drug-likeness (QED) is 0.699. The number of rotatable bonds is 2. The van der Waals surface area contributed by atoms with Gasteiger partial charge in [-0.2, -0.15) is 0 Å². The molecule has 1 aromatic rings. The van der Waals surface area contributed by atoms with Gasteiger partial charge >= 0.3 is 0 Å². The highest BCUT2D eigenvalue weighted by molar-refractivity contribution is 9.09. The number of hydrogen-bond acceptors (Lipinski definition) is 0. The molecule has 0 N–H and O–H groups in total.